The van der Waals surface area contributed by atoms with Crippen LogP contribution in [-0.2, 0) is 19.2 Å². The van der Waals surface area contributed by atoms with Gasteiger partial charge in [0.2, 0.25) is 11.8 Å². The first-order chi connectivity index (χ1) is 22.8. The summed E-state index contributed by atoms with van der Waals surface area (Å²) in [6.07, 6.45) is 1.72. The van der Waals surface area contributed by atoms with E-state index in [1.165, 1.54) is 31.2 Å². The smallest absolute Gasteiger partial charge is 0.258 e. The Balaban J connectivity index is 1.38. The first-order valence-corrected chi connectivity index (χ1v) is 16.3. The van der Waals surface area contributed by atoms with E-state index in [1.54, 1.807) is 43.3 Å². The van der Waals surface area contributed by atoms with Crippen molar-refractivity contribution in [2.75, 3.05) is 16.4 Å². The summed E-state index contributed by atoms with van der Waals surface area (Å²) in [5, 5.41) is 10.5. The SMILES string of the molecule is CCOc1cc([C@H]2C3=CC[C@@H]4C(=O)N(c5ccc(C(C)=O)cc5)C(=O)[C@@H]4[C@@H]3C[C@@]3(Cl)C(=O)N(c4ccc(F)cc4)C(=O)[C@@]23Cl)ccc1O. The fourth-order valence-corrected chi connectivity index (χ4v) is 8.79. The van der Waals surface area contributed by atoms with Crippen LogP contribution in [0.5, 0.6) is 11.5 Å². The van der Waals surface area contributed by atoms with Crippen molar-refractivity contribution >= 4 is 64.0 Å². The van der Waals surface area contributed by atoms with E-state index in [9.17, 15) is 33.5 Å². The second-order valence-electron chi connectivity index (χ2n) is 12.5. The maximum absolute atomic E-state index is 14.5. The van der Waals surface area contributed by atoms with Crippen LogP contribution in [0.4, 0.5) is 15.8 Å². The molecule has 2 saturated heterocycles. The third-order valence-corrected chi connectivity index (χ3v) is 11.5. The highest BCUT2D eigenvalue weighted by molar-refractivity contribution is 6.58. The Morgan fingerprint density at radius 1 is 0.917 bits per heavy atom. The van der Waals surface area contributed by atoms with Gasteiger partial charge < -0.3 is 9.84 Å². The molecule has 3 fully saturated rings. The third kappa shape index (κ3) is 4.38. The summed E-state index contributed by atoms with van der Waals surface area (Å²) in [6.45, 7) is 3.37. The van der Waals surface area contributed by atoms with Gasteiger partial charge in [0.05, 0.1) is 29.8 Å². The minimum Gasteiger partial charge on any atom is -0.504 e. The number of benzene rings is 3. The zero-order valence-electron chi connectivity index (χ0n) is 25.8. The molecule has 2 aliphatic carbocycles. The molecule has 1 saturated carbocycles. The van der Waals surface area contributed by atoms with E-state index in [0.29, 0.717) is 22.4 Å². The van der Waals surface area contributed by atoms with E-state index in [-0.39, 0.29) is 42.4 Å². The van der Waals surface area contributed by atoms with E-state index in [0.717, 1.165) is 21.9 Å². The number of amides is 4. The number of phenolic OH excluding ortho intramolecular Hbond substituents is 1. The third-order valence-electron chi connectivity index (χ3n) is 10.0. The molecule has 12 heteroatoms. The lowest BCUT2D eigenvalue weighted by Crippen LogP contribution is -2.60. The number of ether oxygens (including phenoxy) is 1. The lowest BCUT2D eigenvalue weighted by atomic mass is 9.56. The number of fused-ring (bicyclic) bond motifs is 4. The number of rotatable bonds is 6. The molecule has 4 aliphatic rings. The Bertz CT molecular complexity index is 1950. The van der Waals surface area contributed by atoms with E-state index in [2.05, 4.69) is 0 Å². The number of imide groups is 2. The van der Waals surface area contributed by atoms with Gasteiger partial charge in [-0.1, -0.05) is 17.7 Å². The molecule has 4 amide bonds. The second-order valence-corrected chi connectivity index (χ2v) is 13.8. The van der Waals surface area contributed by atoms with Crippen LogP contribution in [0.2, 0.25) is 0 Å². The minimum absolute atomic E-state index is 0.0717. The lowest BCUT2D eigenvalue weighted by molar-refractivity contribution is -0.125. The predicted molar refractivity (Wildman–Crippen MR) is 175 cm³/mol. The fourth-order valence-electron chi connectivity index (χ4n) is 7.85. The molecular formula is C36H29Cl2FN2O7. The molecule has 3 aromatic rings. The quantitative estimate of drug-likeness (QED) is 0.148. The minimum atomic E-state index is -2.12. The summed E-state index contributed by atoms with van der Waals surface area (Å²) >= 11 is 14.8. The molecular weight excluding hydrogens is 662 g/mol. The lowest BCUT2D eigenvalue weighted by Gasteiger charge is -2.50. The van der Waals surface area contributed by atoms with Crippen LogP contribution in [0.25, 0.3) is 0 Å². The fraction of sp³-hybridized carbons (Fsp3) is 0.306. The van der Waals surface area contributed by atoms with Gasteiger partial charge in [0, 0.05) is 11.5 Å². The number of carbonyl (C=O) groups excluding carboxylic acids is 5. The largest absolute Gasteiger partial charge is 0.504 e. The van der Waals surface area contributed by atoms with Gasteiger partial charge in [0.15, 0.2) is 27.0 Å². The average molecular weight is 692 g/mol. The number of halogens is 3. The van der Waals surface area contributed by atoms with Crippen LogP contribution >= 0.6 is 23.2 Å². The topological polar surface area (TPSA) is 121 Å². The highest BCUT2D eigenvalue weighted by Crippen LogP contribution is 2.66. The number of alkyl halides is 2. The number of hydrogen-bond acceptors (Lipinski definition) is 7. The molecule has 0 radical (unpaired) electrons. The monoisotopic (exact) mass is 690 g/mol. The van der Waals surface area contributed by atoms with Gasteiger partial charge in [-0.15, -0.1) is 23.2 Å². The van der Waals surface area contributed by atoms with Gasteiger partial charge in [-0.25, -0.2) is 9.29 Å². The Morgan fingerprint density at radius 2 is 1.56 bits per heavy atom. The number of ketones is 1. The number of phenols is 1. The zero-order chi connectivity index (χ0) is 34.3. The summed E-state index contributed by atoms with van der Waals surface area (Å²) in [5.41, 5.74) is 1.77. The number of hydrogen-bond donors (Lipinski definition) is 1. The predicted octanol–water partition coefficient (Wildman–Crippen LogP) is 5.90. The standard InChI is InChI=1S/C36H29Cl2FN2O7/c1-3-48-28-16-20(6-15-27(28)43)30-24-13-14-25-29(32(45)40(31(25)44)22-9-4-19(5-10-22)18(2)42)26(24)17-35(37)33(46)41(34(47)36(30,35)38)23-11-7-21(39)8-12-23/h4-13,15-16,25-26,29-30,43H,3,14,17H2,1-2H3/t25-,26+,29-,30-,35+,36-/m0/s1. The van der Waals surface area contributed by atoms with Gasteiger partial charge in [-0.2, -0.15) is 0 Å². The number of allylic oxidation sites excluding steroid dienone is 2. The number of anilines is 2. The first kappa shape index (κ1) is 32.0. The molecule has 0 spiro atoms. The molecule has 3 aromatic carbocycles. The van der Waals surface area contributed by atoms with E-state index < -0.39 is 62.9 Å². The molecule has 2 aliphatic heterocycles. The first-order valence-electron chi connectivity index (χ1n) is 15.5. The molecule has 0 aromatic heterocycles. The molecule has 2 heterocycles. The average Bonchev–Trinajstić information content (AvgIpc) is 3.40. The Labute approximate surface area is 284 Å². The highest BCUT2D eigenvalue weighted by atomic mass is 35.5. The number of nitrogens with zero attached hydrogens (tertiary/aromatic N) is 2. The van der Waals surface area contributed by atoms with E-state index in [4.69, 9.17) is 27.9 Å². The van der Waals surface area contributed by atoms with Crippen molar-refractivity contribution in [1.29, 1.82) is 0 Å². The maximum Gasteiger partial charge on any atom is 0.258 e. The number of carbonyl (C=O) groups is 5. The summed E-state index contributed by atoms with van der Waals surface area (Å²) in [7, 11) is 0. The second kappa shape index (κ2) is 11.3. The van der Waals surface area contributed by atoms with Crippen molar-refractivity contribution in [3.8, 4) is 11.5 Å². The molecule has 0 bridgehead atoms. The zero-order valence-corrected chi connectivity index (χ0v) is 27.3. The van der Waals surface area contributed by atoms with Crippen LogP contribution in [0.15, 0.2) is 78.4 Å². The van der Waals surface area contributed by atoms with Crippen LogP contribution < -0.4 is 14.5 Å². The van der Waals surface area contributed by atoms with Gasteiger partial charge in [0.1, 0.15) is 5.82 Å². The Kier molecular flexibility index (Phi) is 7.52. The molecule has 1 N–H and O–H groups in total. The summed E-state index contributed by atoms with van der Waals surface area (Å²) in [5.74, 6) is -6.95. The normalized spacial score (nSPS) is 29.4. The van der Waals surface area contributed by atoms with Crippen LogP contribution in [0.1, 0.15) is 48.5 Å². The van der Waals surface area contributed by atoms with Gasteiger partial charge in [-0.05, 0) is 98.8 Å². The van der Waals surface area contributed by atoms with Crippen LogP contribution in [-0.4, -0.2) is 50.9 Å². The Hall–Kier alpha value is -4.54. The summed E-state index contributed by atoms with van der Waals surface area (Å²) in [4.78, 5) is 66.6. The Morgan fingerprint density at radius 3 is 2.21 bits per heavy atom. The van der Waals surface area contributed by atoms with Crippen LogP contribution in [0.3, 0.4) is 0 Å². The van der Waals surface area contributed by atoms with Gasteiger partial charge >= 0.3 is 0 Å². The molecule has 6 atom stereocenters. The summed E-state index contributed by atoms with van der Waals surface area (Å²) < 4.78 is 19.5. The molecule has 48 heavy (non-hydrogen) atoms. The van der Waals surface area contributed by atoms with E-state index in [1.807, 2.05) is 0 Å². The van der Waals surface area contributed by atoms with Crippen molar-refractivity contribution in [2.45, 2.75) is 42.4 Å². The van der Waals surface area contributed by atoms with E-state index >= 15 is 0 Å². The van der Waals surface area contributed by atoms with Crippen molar-refractivity contribution in [1.82, 2.24) is 0 Å². The molecule has 0 unspecified atom stereocenters. The number of Topliss-reactive ketones (excluding diaryl/α,β-unsaturated/α-hetero) is 1. The van der Waals surface area contributed by atoms with Crippen LogP contribution in [0, 0.1) is 23.6 Å². The van der Waals surface area contributed by atoms with Gasteiger partial charge in [-0.3, -0.25) is 28.9 Å². The molecule has 9 nitrogen and oxygen atoms in total. The van der Waals surface area contributed by atoms with Gasteiger partial charge in [0.25, 0.3) is 11.8 Å². The van der Waals surface area contributed by atoms with Crippen molar-refractivity contribution < 1.29 is 38.2 Å². The summed E-state index contributed by atoms with van der Waals surface area (Å²) in [6, 6.07) is 15.4. The molecule has 246 valence electrons. The number of aromatic hydroxyl groups is 1. The maximum atomic E-state index is 14.5. The van der Waals surface area contributed by atoms with Crippen molar-refractivity contribution in [2.24, 2.45) is 17.8 Å². The molecule has 7 rings (SSSR count). The van der Waals surface area contributed by atoms with Crippen molar-refractivity contribution in [3.05, 3.63) is 95.3 Å². The van der Waals surface area contributed by atoms with Crippen molar-refractivity contribution in [3.63, 3.8) is 0 Å². The highest BCUT2D eigenvalue weighted by Gasteiger charge is 2.76.